The number of hydrogen-bond donors (Lipinski definition) is 1. The van der Waals surface area contributed by atoms with Crippen LogP contribution < -0.4 is 10.1 Å². The van der Waals surface area contributed by atoms with Gasteiger partial charge in [-0.15, -0.1) is 0 Å². The second-order valence-corrected chi connectivity index (χ2v) is 5.36. The molecule has 0 aromatic carbocycles. The first-order valence-corrected chi connectivity index (χ1v) is 7.73. The lowest BCUT2D eigenvalue weighted by atomic mass is 10.0. The lowest BCUT2D eigenvalue weighted by Crippen LogP contribution is -2.34. The molecule has 0 saturated carbocycles. The van der Waals surface area contributed by atoms with Crippen LogP contribution in [-0.2, 0) is 14.2 Å². The van der Waals surface area contributed by atoms with Crippen LogP contribution in [-0.4, -0.2) is 57.8 Å². The third-order valence-corrected chi connectivity index (χ3v) is 3.76. The van der Waals surface area contributed by atoms with E-state index in [9.17, 15) is 4.79 Å². The van der Waals surface area contributed by atoms with E-state index in [0.29, 0.717) is 24.0 Å². The molecule has 128 valence electrons. The molecule has 1 N–H and O–H groups in total. The minimum absolute atomic E-state index is 0.220. The van der Waals surface area contributed by atoms with Gasteiger partial charge in [-0.2, -0.15) is 0 Å². The number of hydrogen-bond acceptors (Lipinski definition) is 6. The van der Waals surface area contributed by atoms with E-state index in [1.807, 2.05) is 0 Å². The van der Waals surface area contributed by atoms with Gasteiger partial charge in [0.2, 0.25) is 5.88 Å². The van der Waals surface area contributed by atoms with Gasteiger partial charge in [0.25, 0.3) is 5.91 Å². The quantitative estimate of drug-likeness (QED) is 0.725. The molecule has 0 atom stereocenters. The van der Waals surface area contributed by atoms with E-state index in [2.05, 4.69) is 10.3 Å². The molecule has 0 bridgehead atoms. The topological polar surface area (TPSA) is 78.9 Å². The molecule has 7 heteroatoms. The van der Waals surface area contributed by atoms with Gasteiger partial charge < -0.3 is 24.3 Å². The average molecular weight is 324 g/mol. The summed E-state index contributed by atoms with van der Waals surface area (Å²) in [6.07, 6.45) is 3.09. The number of rotatable bonds is 8. The van der Waals surface area contributed by atoms with Crippen LogP contribution in [0.15, 0.2) is 18.3 Å². The van der Waals surface area contributed by atoms with Crippen LogP contribution in [0.25, 0.3) is 0 Å². The standard InChI is InChI=1S/C16H24N2O5/c1-20-15(21-2)10-18-16(19)13-3-6-17-14(9-13)23-11-12-4-7-22-8-5-12/h3,6,9,12,15H,4-5,7-8,10-11H2,1-2H3,(H,18,19). The molecule has 7 nitrogen and oxygen atoms in total. The van der Waals surface area contributed by atoms with Crippen LogP contribution in [0.2, 0.25) is 0 Å². The van der Waals surface area contributed by atoms with Gasteiger partial charge in [-0.25, -0.2) is 4.98 Å². The first kappa shape index (κ1) is 17.7. The highest BCUT2D eigenvalue weighted by Gasteiger charge is 2.15. The van der Waals surface area contributed by atoms with Gasteiger partial charge in [0.05, 0.1) is 13.2 Å². The minimum atomic E-state index is -0.468. The van der Waals surface area contributed by atoms with Crippen molar-refractivity contribution in [1.29, 1.82) is 0 Å². The number of nitrogens with one attached hydrogen (secondary N) is 1. The Morgan fingerprint density at radius 1 is 1.39 bits per heavy atom. The van der Waals surface area contributed by atoms with Crippen molar-refractivity contribution in [2.45, 2.75) is 19.1 Å². The number of nitrogens with zero attached hydrogens (tertiary/aromatic N) is 1. The molecule has 1 aliphatic rings. The largest absolute Gasteiger partial charge is 0.477 e. The summed E-state index contributed by atoms with van der Waals surface area (Å²) in [6.45, 7) is 2.43. The number of pyridine rings is 1. The molecule has 0 unspecified atom stereocenters. The Hall–Kier alpha value is -1.70. The van der Waals surface area contributed by atoms with Crippen LogP contribution in [0.4, 0.5) is 0 Å². The lowest BCUT2D eigenvalue weighted by Gasteiger charge is -2.21. The fourth-order valence-corrected chi connectivity index (χ4v) is 2.29. The summed E-state index contributed by atoms with van der Waals surface area (Å²) >= 11 is 0. The zero-order valence-corrected chi connectivity index (χ0v) is 13.6. The van der Waals surface area contributed by atoms with E-state index in [1.54, 1.807) is 18.3 Å². The third-order valence-electron chi connectivity index (χ3n) is 3.76. The summed E-state index contributed by atoms with van der Waals surface area (Å²) in [5.41, 5.74) is 0.493. The number of amides is 1. The van der Waals surface area contributed by atoms with Crippen LogP contribution in [0.1, 0.15) is 23.2 Å². The molecule has 1 aliphatic heterocycles. The van der Waals surface area contributed by atoms with E-state index in [4.69, 9.17) is 18.9 Å². The molecule has 2 rings (SSSR count). The molecular formula is C16H24N2O5. The molecule has 23 heavy (non-hydrogen) atoms. The molecule has 1 amide bonds. The van der Waals surface area contributed by atoms with Crippen LogP contribution in [0.3, 0.4) is 0 Å². The van der Waals surface area contributed by atoms with Gasteiger partial charge in [-0.3, -0.25) is 4.79 Å². The number of aromatic nitrogens is 1. The summed E-state index contributed by atoms with van der Waals surface area (Å²) in [5.74, 6) is 0.716. The van der Waals surface area contributed by atoms with Gasteiger partial charge in [0, 0.05) is 45.3 Å². The van der Waals surface area contributed by atoms with Crippen molar-refractivity contribution >= 4 is 5.91 Å². The van der Waals surface area contributed by atoms with Crippen molar-refractivity contribution in [2.24, 2.45) is 5.92 Å². The van der Waals surface area contributed by atoms with Crippen molar-refractivity contribution < 1.29 is 23.7 Å². The van der Waals surface area contributed by atoms with E-state index in [1.165, 1.54) is 14.2 Å². The van der Waals surface area contributed by atoms with Crippen LogP contribution in [0.5, 0.6) is 5.88 Å². The van der Waals surface area contributed by atoms with Gasteiger partial charge in [0.15, 0.2) is 6.29 Å². The fraction of sp³-hybridized carbons (Fsp3) is 0.625. The Bertz CT molecular complexity index is 487. The predicted octanol–water partition coefficient (Wildman–Crippen LogP) is 1.24. The molecule has 1 aromatic rings. The van der Waals surface area contributed by atoms with Crippen molar-refractivity contribution in [1.82, 2.24) is 10.3 Å². The smallest absolute Gasteiger partial charge is 0.251 e. The zero-order chi connectivity index (χ0) is 16.5. The maximum absolute atomic E-state index is 12.1. The first-order chi connectivity index (χ1) is 11.2. The van der Waals surface area contributed by atoms with Crippen LogP contribution in [0, 0.1) is 5.92 Å². The summed E-state index contributed by atoms with van der Waals surface area (Å²) in [7, 11) is 3.05. The van der Waals surface area contributed by atoms with E-state index in [0.717, 1.165) is 26.1 Å². The third kappa shape index (κ3) is 5.78. The van der Waals surface area contributed by atoms with E-state index >= 15 is 0 Å². The average Bonchev–Trinajstić information content (AvgIpc) is 2.62. The molecule has 0 spiro atoms. The molecular weight excluding hydrogens is 300 g/mol. The second-order valence-electron chi connectivity index (χ2n) is 5.36. The van der Waals surface area contributed by atoms with E-state index in [-0.39, 0.29) is 12.5 Å². The Morgan fingerprint density at radius 2 is 2.13 bits per heavy atom. The highest BCUT2D eigenvalue weighted by molar-refractivity contribution is 5.94. The van der Waals surface area contributed by atoms with Gasteiger partial charge >= 0.3 is 0 Å². The summed E-state index contributed by atoms with van der Waals surface area (Å²) in [4.78, 5) is 16.3. The Morgan fingerprint density at radius 3 is 2.83 bits per heavy atom. The molecule has 2 heterocycles. The van der Waals surface area contributed by atoms with Crippen molar-refractivity contribution in [3.05, 3.63) is 23.9 Å². The molecule has 0 radical (unpaired) electrons. The number of carbonyl (C=O) groups excluding carboxylic acids is 1. The number of carbonyl (C=O) groups is 1. The van der Waals surface area contributed by atoms with Gasteiger partial charge in [0.1, 0.15) is 0 Å². The Balaban J connectivity index is 1.84. The van der Waals surface area contributed by atoms with Crippen LogP contribution >= 0.6 is 0 Å². The summed E-state index contributed by atoms with van der Waals surface area (Å²) in [5, 5.41) is 2.74. The van der Waals surface area contributed by atoms with Gasteiger partial charge in [-0.1, -0.05) is 0 Å². The fourth-order valence-electron chi connectivity index (χ4n) is 2.29. The summed E-state index contributed by atoms with van der Waals surface area (Å²) < 4.78 is 21.1. The maximum atomic E-state index is 12.1. The normalized spacial score (nSPS) is 15.6. The Labute approximate surface area is 136 Å². The molecule has 1 fully saturated rings. The predicted molar refractivity (Wildman–Crippen MR) is 83.4 cm³/mol. The molecule has 1 saturated heterocycles. The summed E-state index contributed by atoms with van der Waals surface area (Å²) in [6, 6.07) is 3.29. The highest BCUT2D eigenvalue weighted by atomic mass is 16.7. The number of methoxy groups -OCH3 is 2. The molecule has 1 aromatic heterocycles. The van der Waals surface area contributed by atoms with Crippen molar-refractivity contribution in [2.75, 3.05) is 40.6 Å². The zero-order valence-electron chi connectivity index (χ0n) is 13.6. The van der Waals surface area contributed by atoms with Crippen molar-refractivity contribution in [3.63, 3.8) is 0 Å². The minimum Gasteiger partial charge on any atom is -0.477 e. The highest BCUT2D eigenvalue weighted by Crippen LogP contribution is 2.17. The SMILES string of the molecule is COC(CNC(=O)c1ccnc(OCC2CCOCC2)c1)OC. The lowest BCUT2D eigenvalue weighted by molar-refractivity contribution is -0.0974. The van der Waals surface area contributed by atoms with Crippen molar-refractivity contribution in [3.8, 4) is 5.88 Å². The Kier molecular flexibility index (Phi) is 7.25. The molecule has 0 aliphatic carbocycles. The van der Waals surface area contributed by atoms with Gasteiger partial charge in [-0.05, 0) is 24.8 Å². The maximum Gasteiger partial charge on any atom is 0.251 e. The monoisotopic (exact) mass is 324 g/mol. The first-order valence-electron chi connectivity index (χ1n) is 7.73. The second kappa shape index (κ2) is 9.44. The van der Waals surface area contributed by atoms with E-state index < -0.39 is 6.29 Å². The number of ether oxygens (including phenoxy) is 4.